The molecular formula is C6H6F6O2Si. The molecule has 2 nitrogen and oxygen atoms in total. The monoisotopic (exact) mass is 252 g/mol. The molecule has 0 N–H and O–H groups in total. The number of alkyl halides is 6. The lowest BCUT2D eigenvalue weighted by Gasteiger charge is -2.21. The van der Waals surface area contributed by atoms with Gasteiger partial charge in [0.15, 0.2) is 0 Å². The van der Waals surface area contributed by atoms with Gasteiger partial charge in [-0.1, -0.05) is 13.1 Å². The SMILES string of the molecule is C[Si](C)(C(=O)C(F)(F)F)C(=O)C(F)(F)F. The molecule has 0 saturated carbocycles. The second-order valence-corrected chi connectivity index (χ2v) is 7.44. The smallest absolute Gasteiger partial charge is 0.295 e. The summed E-state index contributed by atoms with van der Waals surface area (Å²) in [6.45, 7) is 0.858. The van der Waals surface area contributed by atoms with Crippen molar-refractivity contribution in [3.05, 3.63) is 0 Å². The van der Waals surface area contributed by atoms with Gasteiger partial charge < -0.3 is 0 Å². The first-order valence-corrected chi connectivity index (χ1v) is 6.54. The first-order valence-electron chi connectivity index (χ1n) is 3.54. The summed E-state index contributed by atoms with van der Waals surface area (Å²) in [4.78, 5) is 21.2. The summed E-state index contributed by atoms with van der Waals surface area (Å²) >= 11 is 0. The van der Waals surface area contributed by atoms with Crippen LogP contribution in [0.15, 0.2) is 0 Å². The largest absolute Gasteiger partial charge is 0.445 e. The lowest BCUT2D eigenvalue weighted by atomic mass is 10.7. The van der Waals surface area contributed by atoms with Crippen molar-refractivity contribution in [2.45, 2.75) is 25.4 Å². The third-order valence-corrected chi connectivity index (χ3v) is 4.49. The Morgan fingerprint density at radius 2 is 1.00 bits per heavy atom. The van der Waals surface area contributed by atoms with E-state index in [1.54, 1.807) is 0 Å². The molecule has 0 fully saturated rings. The van der Waals surface area contributed by atoms with E-state index in [9.17, 15) is 35.9 Å². The van der Waals surface area contributed by atoms with Crippen LogP contribution in [-0.4, -0.2) is 31.2 Å². The molecule has 0 aromatic heterocycles. The van der Waals surface area contributed by atoms with Gasteiger partial charge in [-0.2, -0.15) is 26.3 Å². The van der Waals surface area contributed by atoms with Gasteiger partial charge in [-0.15, -0.1) is 0 Å². The van der Waals surface area contributed by atoms with Crippen LogP contribution in [0.2, 0.25) is 13.1 Å². The highest BCUT2D eigenvalue weighted by Gasteiger charge is 2.60. The van der Waals surface area contributed by atoms with Gasteiger partial charge in [0.1, 0.15) is 0 Å². The minimum absolute atomic E-state index is 0.429. The fourth-order valence-electron chi connectivity index (χ4n) is 0.812. The molecule has 0 aromatic rings. The van der Waals surface area contributed by atoms with Crippen LogP contribution in [0.5, 0.6) is 0 Å². The van der Waals surface area contributed by atoms with Crippen LogP contribution in [0, 0.1) is 0 Å². The molecular weight excluding hydrogens is 246 g/mol. The summed E-state index contributed by atoms with van der Waals surface area (Å²) in [6, 6.07) is 0. The topological polar surface area (TPSA) is 34.1 Å². The molecule has 0 spiro atoms. The van der Waals surface area contributed by atoms with Crippen LogP contribution in [-0.2, 0) is 9.59 Å². The van der Waals surface area contributed by atoms with Crippen LogP contribution < -0.4 is 0 Å². The third kappa shape index (κ3) is 3.04. The van der Waals surface area contributed by atoms with Crippen LogP contribution in [0.3, 0.4) is 0 Å². The number of hydrogen-bond acceptors (Lipinski definition) is 2. The second kappa shape index (κ2) is 3.61. The Kier molecular flexibility index (Phi) is 3.41. The first-order chi connectivity index (χ1) is 6.31. The van der Waals surface area contributed by atoms with E-state index >= 15 is 0 Å². The van der Waals surface area contributed by atoms with E-state index in [0.29, 0.717) is 13.1 Å². The van der Waals surface area contributed by atoms with Gasteiger partial charge in [-0.3, -0.25) is 9.59 Å². The van der Waals surface area contributed by atoms with E-state index in [2.05, 4.69) is 0 Å². The summed E-state index contributed by atoms with van der Waals surface area (Å²) in [5.74, 6) is 0. The van der Waals surface area contributed by atoms with Crippen molar-refractivity contribution in [1.29, 1.82) is 0 Å². The molecule has 0 unspecified atom stereocenters. The maximum atomic E-state index is 11.9. The van der Waals surface area contributed by atoms with Gasteiger partial charge in [-0.25, -0.2) is 0 Å². The van der Waals surface area contributed by atoms with Crippen LogP contribution in [0.1, 0.15) is 0 Å². The van der Waals surface area contributed by atoms with Gasteiger partial charge in [0, 0.05) is 0 Å². The Labute approximate surface area is 81.3 Å². The number of carbonyl (C=O) groups is 2. The van der Waals surface area contributed by atoms with Gasteiger partial charge in [0.25, 0.3) is 0 Å². The molecule has 0 saturated heterocycles. The molecule has 0 aliphatic carbocycles. The Bertz CT molecular complexity index is 261. The molecule has 0 aliphatic rings. The maximum Gasteiger partial charge on any atom is 0.445 e. The van der Waals surface area contributed by atoms with E-state index in [0.717, 1.165) is 0 Å². The molecule has 0 heterocycles. The summed E-state index contributed by atoms with van der Waals surface area (Å²) in [7, 11) is -4.71. The van der Waals surface area contributed by atoms with Crippen molar-refractivity contribution in [1.82, 2.24) is 0 Å². The molecule has 0 rings (SSSR count). The highest BCUT2D eigenvalue weighted by atomic mass is 28.3. The lowest BCUT2D eigenvalue weighted by Crippen LogP contribution is -2.57. The van der Waals surface area contributed by atoms with Gasteiger partial charge in [0.2, 0.25) is 18.9 Å². The molecule has 88 valence electrons. The van der Waals surface area contributed by atoms with Gasteiger partial charge >= 0.3 is 12.4 Å². The zero-order valence-corrected chi connectivity index (χ0v) is 8.58. The first kappa shape index (κ1) is 14.1. The molecule has 0 amide bonds. The van der Waals surface area contributed by atoms with Crippen LogP contribution in [0.4, 0.5) is 26.3 Å². The van der Waals surface area contributed by atoms with Crippen LogP contribution >= 0.6 is 0 Å². The van der Waals surface area contributed by atoms with E-state index < -0.39 is 31.2 Å². The lowest BCUT2D eigenvalue weighted by molar-refractivity contribution is -0.168. The average molecular weight is 252 g/mol. The van der Waals surface area contributed by atoms with Crippen molar-refractivity contribution in [3.63, 3.8) is 0 Å². The van der Waals surface area contributed by atoms with E-state index in [-0.39, 0.29) is 0 Å². The average Bonchev–Trinajstić information content (AvgIpc) is 1.98. The molecule has 0 bridgehead atoms. The highest BCUT2D eigenvalue weighted by Crippen LogP contribution is 2.28. The van der Waals surface area contributed by atoms with Crippen molar-refractivity contribution in [3.8, 4) is 0 Å². The Hall–Kier alpha value is -0.863. The minimum Gasteiger partial charge on any atom is -0.295 e. The molecule has 9 heteroatoms. The Morgan fingerprint density at radius 3 is 1.13 bits per heavy atom. The van der Waals surface area contributed by atoms with Crippen molar-refractivity contribution < 1.29 is 35.9 Å². The van der Waals surface area contributed by atoms with E-state index in [1.807, 2.05) is 0 Å². The number of carbonyl (C=O) groups excluding carboxylic acids is 2. The third-order valence-electron chi connectivity index (χ3n) is 1.65. The van der Waals surface area contributed by atoms with Crippen LogP contribution in [0.25, 0.3) is 0 Å². The van der Waals surface area contributed by atoms with Gasteiger partial charge in [0.05, 0.1) is 0 Å². The molecule has 0 atom stereocenters. The summed E-state index contributed by atoms with van der Waals surface area (Å²) in [5, 5.41) is -5.14. The normalized spacial score (nSPS) is 13.9. The van der Waals surface area contributed by atoms with Crippen molar-refractivity contribution in [2.24, 2.45) is 0 Å². The minimum atomic E-state index is -5.41. The molecule has 0 aromatic carbocycles. The molecule has 0 aliphatic heterocycles. The fraction of sp³-hybridized carbons (Fsp3) is 0.667. The standard InChI is InChI=1S/C6H6F6O2Si/c1-15(2,3(13)5(7,8)9)4(14)6(10,11)12/h1-2H3. The summed E-state index contributed by atoms with van der Waals surface area (Å²) < 4.78 is 71.2. The van der Waals surface area contributed by atoms with Crippen molar-refractivity contribution in [2.75, 3.05) is 0 Å². The number of halogens is 6. The second-order valence-electron chi connectivity index (χ2n) is 3.28. The Morgan fingerprint density at radius 1 is 0.800 bits per heavy atom. The van der Waals surface area contributed by atoms with E-state index in [1.165, 1.54) is 0 Å². The molecule has 15 heavy (non-hydrogen) atoms. The molecule has 0 radical (unpaired) electrons. The van der Waals surface area contributed by atoms with E-state index in [4.69, 9.17) is 0 Å². The van der Waals surface area contributed by atoms with Gasteiger partial charge in [-0.05, 0) is 0 Å². The Balaban J connectivity index is 5.18. The number of rotatable bonds is 2. The summed E-state index contributed by atoms with van der Waals surface area (Å²) in [6.07, 6.45) is -10.8. The fourth-order valence-corrected chi connectivity index (χ4v) is 2.44. The number of hydrogen-bond donors (Lipinski definition) is 0. The maximum absolute atomic E-state index is 11.9. The predicted octanol–water partition coefficient (Wildman–Crippen LogP) is 2.04. The zero-order valence-electron chi connectivity index (χ0n) is 7.58. The summed E-state index contributed by atoms with van der Waals surface area (Å²) in [5.41, 5.74) is 0. The predicted molar refractivity (Wildman–Crippen MR) is 39.6 cm³/mol. The highest BCUT2D eigenvalue weighted by molar-refractivity contribution is 7.24. The zero-order chi connectivity index (χ0) is 12.7. The quantitative estimate of drug-likeness (QED) is 0.556. The van der Waals surface area contributed by atoms with Crippen molar-refractivity contribution >= 4 is 18.9 Å².